The lowest BCUT2D eigenvalue weighted by Gasteiger charge is -2.23. The number of rotatable bonds is 7. The second-order valence-corrected chi connectivity index (χ2v) is 5.65. The van der Waals surface area contributed by atoms with Crippen LogP contribution in [-0.4, -0.2) is 6.61 Å². The van der Waals surface area contributed by atoms with E-state index >= 15 is 0 Å². The lowest BCUT2D eigenvalue weighted by atomic mass is 9.96. The summed E-state index contributed by atoms with van der Waals surface area (Å²) < 4.78 is 5.47. The van der Waals surface area contributed by atoms with E-state index in [4.69, 9.17) is 11.2 Å². The van der Waals surface area contributed by atoms with Crippen molar-refractivity contribution in [2.24, 2.45) is 5.92 Å². The second kappa shape index (κ2) is 8.26. The highest BCUT2D eigenvalue weighted by atomic mass is 16.5. The van der Waals surface area contributed by atoms with Gasteiger partial charge in [0.15, 0.2) is 0 Å². The maximum atomic E-state index is 5.47. The van der Waals surface area contributed by atoms with E-state index in [9.17, 15) is 0 Å². The smallest absolute Gasteiger partial charge is 0.148 e. The highest BCUT2D eigenvalue weighted by molar-refractivity contribution is 5.29. The van der Waals surface area contributed by atoms with Crippen molar-refractivity contribution in [1.82, 2.24) is 5.32 Å². The van der Waals surface area contributed by atoms with Crippen molar-refractivity contribution in [3.63, 3.8) is 0 Å². The Morgan fingerprint density at radius 3 is 2.55 bits per heavy atom. The first-order valence-electron chi connectivity index (χ1n) is 7.64. The minimum atomic E-state index is 0.301. The molecule has 2 rings (SSSR count). The van der Waals surface area contributed by atoms with Gasteiger partial charge in [0.1, 0.15) is 12.4 Å². The summed E-state index contributed by atoms with van der Waals surface area (Å²) in [4.78, 5) is 0. The Bertz CT molecular complexity index is 613. The van der Waals surface area contributed by atoms with E-state index in [1.807, 2.05) is 24.3 Å². The molecule has 0 aliphatic carbocycles. The van der Waals surface area contributed by atoms with Gasteiger partial charge in [-0.15, -0.1) is 6.42 Å². The molecule has 0 aliphatic rings. The van der Waals surface area contributed by atoms with Gasteiger partial charge in [0.05, 0.1) is 0 Å². The average molecular weight is 293 g/mol. The molecular formula is C20H23NO. The quantitative estimate of drug-likeness (QED) is 0.773. The lowest BCUT2D eigenvalue weighted by molar-refractivity contribution is 0.369. The van der Waals surface area contributed by atoms with E-state index in [2.05, 4.69) is 55.4 Å². The van der Waals surface area contributed by atoms with Crippen LogP contribution in [0.1, 0.15) is 31.0 Å². The minimum Gasteiger partial charge on any atom is -0.481 e. The maximum Gasteiger partial charge on any atom is 0.148 e. The zero-order chi connectivity index (χ0) is 15.8. The van der Waals surface area contributed by atoms with E-state index in [1.165, 1.54) is 11.1 Å². The SMILES string of the molecule is C#CCOc1cccc(CNC(c2ccccc2)C(C)C)c1. The Kier molecular flexibility index (Phi) is 6.06. The van der Waals surface area contributed by atoms with Crippen molar-refractivity contribution in [1.29, 1.82) is 0 Å². The van der Waals surface area contributed by atoms with E-state index < -0.39 is 0 Å². The number of terminal acetylenes is 1. The van der Waals surface area contributed by atoms with Crippen molar-refractivity contribution in [3.8, 4) is 18.1 Å². The fourth-order valence-electron chi connectivity index (χ4n) is 2.50. The minimum absolute atomic E-state index is 0.301. The summed E-state index contributed by atoms with van der Waals surface area (Å²) in [5.41, 5.74) is 2.51. The molecule has 1 atom stereocenters. The highest BCUT2D eigenvalue weighted by Gasteiger charge is 2.14. The average Bonchev–Trinajstić information content (AvgIpc) is 2.54. The van der Waals surface area contributed by atoms with Gasteiger partial charge in [0.25, 0.3) is 0 Å². The third kappa shape index (κ3) is 4.65. The Hall–Kier alpha value is -2.24. The Morgan fingerprint density at radius 1 is 1.09 bits per heavy atom. The van der Waals surface area contributed by atoms with Gasteiger partial charge >= 0.3 is 0 Å². The molecule has 2 nitrogen and oxygen atoms in total. The molecule has 1 N–H and O–H groups in total. The fraction of sp³-hybridized carbons (Fsp3) is 0.300. The third-order valence-electron chi connectivity index (χ3n) is 3.57. The topological polar surface area (TPSA) is 21.3 Å². The summed E-state index contributed by atoms with van der Waals surface area (Å²) >= 11 is 0. The summed E-state index contributed by atoms with van der Waals surface area (Å²) in [5, 5.41) is 3.64. The summed E-state index contributed by atoms with van der Waals surface area (Å²) in [6, 6.07) is 18.9. The monoisotopic (exact) mass is 293 g/mol. The summed E-state index contributed by atoms with van der Waals surface area (Å²) in [5.74, 6) is 3.82. The van der Waals surface area contributed by atoms with Gasteiger partial charge in [0, 0.05) is 12.6 Å². The van der Waals surface area contributed by atoms with Crippen molar-refractivity contribution in [2.75, 3.05) is 6.61 Å². The normalized spacial score (nSPS) is 11.9. The molecule has 0 aliphatic heterocycles. The van der Waals surface area contributed by atoms with Crippen LogP contribution in [0.3, 0.4) is 0 Å². The van der Waals surface area contributed by atoms with Gasteiger partial charge in [-0.2, -0.15) is 0 Å². The van der Waals surface area contributed by atoms with E-state index in [0.717, 1.165) is 12.3 Å². The number of hydrogen-bond donors (Lipinski definition) is 1. The molecule has 0 bridgehead atoms. The van der Waals surface area contributed by atoms with Gasteiger partial charge in [-0.05, 0) is 29.2 Å². The highest BCUT2D eigenvalue weighted by Crippen LogP contribution is 2.22. The Labute approximate surface area is 133 Å². The molecular weight excluding hydrogens is 270 g/mol. The van der Waals surface area contributed by atoms with E-state index in [1.54, 1.807) is 0 Å². The molecule has 0 aromatic heterocycles. The zero-order valence-electron chi connectivity index (χ0n) is 13.3. The Balaban J connectivity index is 2.02. The first-order chi connectivity index (χ1) is 10.7. The molecule has 0 amide bonds. The molecule has 0 radical (unpaired) electrons. The van der Waals surface area contributed by atoms with Gasteiger partial charge in [-0.1, -0.05) is 62.2 Å². The van der Waals surface area contributed by atoms with Crippen LogP contribution in [0.15, 0.2) is 54.6 Å². The van der Waals surface area contributed by atoms with Crippen LogP contribution in [0, 0.1) is 18.3 Å². The van der Waals surface area contributed by atoms with Gasteiger partial charge in [-0.25, -0.2) is 0 Å². The molecule has 0 heterocycles. The molecule has 0 spiro atoms. The van der Waals surface area contributed by atoms with Gasteiger partial charge < -0.3 is 10.1 Å². The van der Waals surface area contributed by atoms with Crippen LogP contribution in [0.25, 0.3) is 0 Å². The largest absolute Gasteiger partial charge is 0.481 e. The number of hydrogen-bond acceptors (Lipinski definition) is 2. The van der Waals surface area contributed by atoms with Crippen LogP contribution in [0.5, 0.6) is 5.75 Å². The maximum absolute atomic E-state index is 5.47. The molecule has 0 saturated heterocycles. The lowest BCUT2D eigenvalue weighted by Crippen LogP contribution is -2.25. The predicted octanol–water partition coefficient (Wildman–Crippen LogP) is 4.19. The van der Waals surface area contributed by atoms with Crippen molar-refractivity contribution < 1.29 is 4.74 Å². The second-order valence-electron chi connectivity index (χ2n) is 5.65. The molecule has 2 heteroatoms. The van der Waals surface area contributed by atoms with Crippen LogP contribution >= 0.6 is 0 Å². The fourth-order valence-corrected chi connectivity index (χ4v) is 2.50. The molecule has 2 aromatic carbocycles. The van der Waals surface area contributed by atoms with E-state index in [-0.39, 0.29) is 0 Å². The molecule has 2 aromatic rings. The van der Waals surface area contributed by atoms with Gasteiger partial charge in [-0.3, -0.25) is 0 Å². The molecule has 0 saturated carbocycles. The Morgan fingerprint density at radius 2 is 1.86 bits per heavy atom. The van der Waals surface area contributed by atoms with Crippen molar-refractivity contribution in [2.45, 2.75) is 26.4 Å². The molecule has 1 unspecified atom stereocenters. The summed E-state index contributed by atoms with van der Waals surface area (Å²) in [6.07, 6.45) is 5.22. The van der Waals surface area contributed by atoms with Crippen molar-refractivity contribution >= 4 is 0 Å². The number of nitrogens with one attached hydrogen (secondary N) is 1. The first kappa shape index (κ1) is 16.1. The van der Waals surface area contributed by atoms with Crippen LogP contribution in [0.4, 0.5) is 0 Å². The third-order valence-corrected chi connectivity index (χ3v) is 3.57. The predicted molar refractivity (Wildman–Crippen MR) is 91.6 cm³/mol. The van der Waals surface area contributed by atoms with Gasteiger partial charge in [0.2, 0.25) is 0 Å². The zero-order valence-corrected chi connectivity index (χ0v) is 13.3. The molecule has 0 fully saturated rings. The molecule has 114 valence electrons. The van der Waals surface area contributed by atoms with Crippen LogP contribution in [0.2, 0.25) is 0 Å². The van der Waals surface area contributed by atoms with Crippen LogP contribution in [-0.2, 0) is 6.54 Å². The first-order valence-corrected chi connectivity index (χ1v) is 7.64. The van der Waals surface area contributed by atoms with Crippen LogP contribution < -0.4 is 10.1 Å². The summed E-state index contributed by atoms with van der Waals surface area (Å²) in [6.45, 7) is 5.56. The summed E-state index contributed by atoms with van der Waals surface area (Å²) in [7, 11) is 0. The standard InChI is InChI=1S/C20H23NO/c1-4-13-22-19-12-8-9-17(14-19)15-21-20(16(2)3)18-10-6-5-7-11-18/h1,5-12,14,16,20-21H,13,15H2,2-3H3. The molecule has 22 heavy (non-hydrogen) atoms. The number of ether oxygens (including phenoxy) is 1. The number of benzene rings is 2. The van der Waals surface area contributed by atoms with Crippen molar-refractivity contribution in [3.05, 3.63) is 65.7 Å². The van der Waals surface area contributed by atoms with E-state index in [0.29, 0.717) is 18.6 Å².